The average molecular weight is 1060 g/mol. The fourth-order valence-electron chi connectivity index (χ4n) is 8.61. The van der Waals surface area contributed by atoms with Crippen LogP contribution in [-0.2, 0) is 31.9 Å². The van der Waals surface area contributed by atoms with Gasteiger partial charge in [0.05, 0.1) is 22.4 Å². The number of pyridine rings is 1. The SMILES string of the molecule is CC(C)(C)c1ccc(-n2c(-c3[c-]ccc4c3oc3ccccc34)nc3c4ccccc4ccc32)c(-c2ccccc2)c1.CC(C)Cc1cc(-c2[c-]cccc2)nc[c]1[Ge]([CH3])([CH3])[CH3].[Ir]. The molecule has 0 unspecified atom stereocenters. The van der Waals surface area contributed by atoms with E-state index in [1.165, 1.54) is 16.5 Å². The van der Waals surface area contributed by atoms with Crippen LogP contribution in [0.5, 0.6) is 0 Å². The van der Waals surface area contributed by atoms with E-state index >= 15 is 0 Å². The smallest absolute Gasteiger partial charge is 0 e. The molecule has 7 aromatic carbocycles. The molecular weight excluding hydrogens is 1010 g/mol. The number of hydrogen-bond donors (Lipinski definition) is 0. The molecule has 3 heterocycles. The Hall–Kier alpha value is -5.59. The molecule has 1 radical (unpaired) electrons. The average Bonchev–Trinajstić information content (AvgIpc) is 3.85. The van der Waals surface area contributed by atoms with Crippen LogP contribution < -0.4 is 4.40 Å². The van der Waals surface area contributed by atoms with Crippen molar-refractivity contribution in [2.24, 2.45) is 5.92 Å². The third kappa shape index (κ3) is 8.85. The van der Waals surface area contributed by atoms with Crippen molar-refractivity contribution in [3.05, 3.63) is 181 Å². The van der Waals surface area contributed by atoms with E-state index in [0.717, 1.165) is 84.2 Å². The Bertz CT molecular complexity index is 3210. The molecule has 0 saturated carbocycles. The zero-order chi connectivity index (χ0) is 43.2. The van der Waals surface area contributed by atoms with Crippen molar-refractivity contribution in [3.8, 4) is 39.5 Å². The minimum atomic E-state index is -1.86. The first kappa shape index (κ1) is 44.0. The summed E-state index contributed by atoms with van der Waals surface area (Å²) in [5, 5.41) is 4.45. The number of nitrogens with zero attached hydrogens (tertiary/aromatic N) is 3. The minimum Gasteiger partial charge on any atom is 0 e. The van der Waals surface area contributed by atoms with E-state index in [0.29, 0.717) is 5.92 Å². The summed E-state index contributed by atoms with van der Waals surface area (Å²) < 4.78 is 10.3. The molecule has 6 heteroatoms. The summed E-state index contributed by atoms with van der Waals surface area (Å²) in [4.78, 5) is 10.1. The van der Waals surface area contributed by atoms with Crippen molar-refractivity contribution in [1.82, 2.24) is 14.5 Å². The van der Waals surface area contributed by atoms with Crippen LogP contribution in [0.3, 0.4) is 0 Å². The summed E-state index contributed by atoms with van der Waals surface area (Å²) in [5.74, 6) is 8.81. The molecular formula is C57H53GeIrN3O-2. The molecule has 0 N–H and O–H groups in total. The van der Waals surface area contributed by atoms with Gasteiger partial charge in [-0.25, -0.2) is 0 Å². The summed E-state index contributed by atoms with van der Waals surface area (Å²) >= 11 is -1.86. The topological polar surface area (TPSA) is 43.9 Å². The third-order valence-corrected chi connectivity index (χ3v) is 16.0. The molecule has 0 aliphatic heterocycles. The Morgan fingerprint density at radius 3 is 2.17 bits per heavy atom. The molecule has 0 bridgehead atoms. The predicted molar refractivity (Wildman–Crippen MR) is 264 cm³/mol. The summed E-state index contributed by atoms with van der Waals surface area (Å²) in [6, 6.07) is 59.8. The number of rotatable bonds is 7. The molecule has 3 aromatic heterocycles. The van der Waals surface area contributed by atoms with Crippen LogP contribution in [0.25, 0.3) is 83.2 Å². The fourth-order valence-corrected chi connectivity index (χ4v) is 11.9. The van der Waals surface area contributed by atoms with Gasteiger partial charge in [0.25, 0.3) is 0 Å². The number of para-hydroxylation sites is 1. The van der Waals surface area contributed by atoms with Gasteiger partial charge in [0, 0.05) is 42.1 Å². The molecule has 63 heavy (non-hydrogen) atoms. The fraction of sp³-hybridized carbons (Fsp3) is 0.193. The summed E-state index contributed by atoms with van der Waals surface area (Å²) in [6.45, 7) is 11.4. The van der Waals surface area contributed by atoms with E-state index in [1.807, 2.05) is 36.4 Å². The van der Waals surface area contributed by atoms with Gasteiger partial charge in [0.2, 0.25) is 0 Å². The second-order valence-corrected chi connectivity index (χ2v) is 29.4. The van der Waals surface area contributed by atoms with Gasteiger partial charge < -0.3 is 8.98 Å². The largest absolute Gasteiger partial charge is 0 e. The van der Waals surface area contributed by atoms with Gasteiger partial charge in [-0.15, -0.1) is 18.2 Å². The number of fused-ring (bicyclic) bond motifs is 6. The maximum atomic E-state index is 6.51. The molecule has 317 valence electrons. The van der Waals surface area contributed by atoms with Gasteiger partial charge in [-0.05, 0) is 46.2 Å². The number of imidazole rings is 1. The second kappa shape index (κ2) is 17.9. The quantitative estimate of drug-likeness (QED) is 0.118. The van der Waals surface area contributed by atoms with E-state index in [-0.39, 0.29) is 25.5 Å². The third-order valence-electron chi connectivity index (χ3n) is 11.7. The zero-order valence-corrected chi connectivity index (χ0v) is 41.9. The second-order valence-electron chi connectivity index (χ2n) is 18.8. The first-order chi connectivity index (χ1) is 29.8. The minimum absolute atomic E-state index is 0. The maximum Gasteiger partial charge on any atom is 0 e. The van der Waals surface area contributed by atoms with Crippen LogP contribution in [-0.4, -0.2) is 27.8 Å². The number of furan rings is 1. The molecule has 10 rings (SSSR count). The number of benzene rings is 7. The monoisotopic (exact) mass is 1060 g/mol. The van der Waals surface area contributed by atoms with Crippen molar-refractivity contribution in [2.75, 3.05) is 0 Å². The van der Waals surface area contributed by atoms with Crippen LogP contribution in [0.15, 0.2) is 162 Å². The Labute approximate surface area is 388 Å². The van der Waals surface area contributed by atoms with Gasteiger partial charge in [0.1, 0.15) is 5.58 Å². The molecule has 0 aliphatic rings. The van der Waals surface area contributed by atoms with Crippen molar-refractivity contribution in [1.29, 1.82) is 0 Å². The van der Waals surface area contributed by atoms with Gasteiger partial charge >= 0.3 is 126 Å². The molecule has 0 amide bonds. The molecule has 4 nitrogen and oxygen atoms in total. The van der Waals surface area contributed by atoms with Gasteiger partial charge in [-0.1, -0.05) is 117 Å². The Kier molecular flexibility index (Phi) is 12.5. The van der Waals surface area contributed by atoms with Crippen LogP contribution in [0.1, 0.15) is 45.7 Å². The standard InChI is InChI=1S/C39H29N2O.C18H24GeN.Ir/c1-39(2,3)27-21-23-33(32(24-27)25-12-5-4-6-13-25)41-34-22-20-26-14-7-8-15-28(26)36(34)40-38(41)31-18-11-17-30-29-16-9-10-19-35(29)42-37(30)31;1-14(2)11-16-12-18(15-9-7-6-8-10-15)20-13-17(16)19(3,4)5;/h4-17,19-24H,1-3H3;6-9,12-14H,11H2,1-5H3;/q2*-1;. The van der Waals surface area contributed by atoms with E-state index in [2.05, 4.69) is 190 Å². The molecule has 0 atom stereocenters. The van der Waals surface area contributed by atoms with Crippen molar-refractivity contribution in [3.63, 3.8) is 0 Å². The van der Waals surface area contributed by atoms with Crippen molar-refractivity contribution >= 4 is 61.4 Å². The van der Waals surface area contributed by atoms with Crippen molar-refractivity contribution in [2.45, 2.75) is 63.7 Å². The van der Waals surface area contributed by atoms with Crippen molar-refractivity contribution < 1.29 is 24.5 Å². The van der Waals surface area contributed by atoms with Gasteiger partial charge in [0.15, 0.2) is 0 Å². The Morgan fingerprint density at radius 2 is 1.44 bits per heavy atom. The van der Waals surface area contributed by atoms with E-state index in [9.17, 15) is 0 Å². The van der Waals surface area contributed by atoms with Gasteiger partial charge in [-0.3, -0.25) is 4.98 Å². The first-order valence-electron chi connectivity index (χ1n) is 21.7. The molecule has 0 saturated heterocycles. The normalized spacial score (nSPS) is 11.9. The summed E-state index contributed by atoms with van der Waals surface area (Å²) in [6.07, 6.45) is 3.27. The predicted octanol–water partition coefficient (Wildman–Crippen LogP) is 14.8. The first-order valence-corrected chi connectivity index (χ1v) is 29.1. The number of hydrogen-bond acceptors (Lipinski definition) is 3. The Morgan fingerprint density at radius 1 is 0.714 bits per heavy atom. The van der Waals surface area contributed by atoms with Crippen LogP contribution in [0.2, 0.25) is 17.3 Å². The Balaban J connectivity index is 0.000000219. The van der Waals surface area contributed by atoms with Crippen LogP contribution in [0.4, 0.5) is 0 Å². The number of aromatic nitrogens is 3. The van der Waals surface area contributed by atoms with Crippen LogP contribution in [0, 0.1) is 18.1 Å². The molecule has 10 aromatic rings. The summed E-state index contributed by atoms with van der Waals surface area (Å²) in [5.41, 5.74) is 12.8. The molecule has 0 spiro atoms. The van der Waals surface area contributed by atoms with E-state index < -0.39 is 13.3 Å². The maximum absolute atomic E-state index is 6.51. The van der Waals surface area contributed by atoms with Crippen LogP contribution >= 0.6 is 0 Å². The van der Waals surface area contributed by atoms with Gasteiger partial charge in [-0.2, -0.15) is 0 Å². The molecule has 0 aliphatic carbocycles. The zero-order valence-electron chi connectivity index (χ0n) is 37.4. The van der Waals surface area contributed by atoms with E-state index in [1.54, 1.807) is 4.40 Å². The molecule has 0 fully saturated rings. The summed E-state index contributed by atoms with van der Waals surface area (Å²) in [7, 11) is 0. The van der Waals surface area contributed by atoms with E-state index in [4.69, 9.17) is 14.4 Å².